The Balaban J connectivity index is 1.79. The van der Waals surface area contributed by atoms with E-state index in [2.05, 4.69) is 35.9 Å². The Labute approximate surface area is 162 Å². The lowest BCUT2D eigenvalue weighted by Gasteiger charge is -2.09. The van der Waals surface area contributed by atoms with Crippen LogP contribution in [0.2, 0.25) is 0 Å². The van der Waals surface area contributed by atoms with E-state index in [1.165, 1.54) is 11.3 Å². The van der Waals surface area contributed by atoms with Gasteiger partial charge in [-0.05, 0) is 24.3 Å². The Morgan fingerprint density at radius 2 is 1.92 bits per heavy atom. The Hall–Kier alpha value is -2.30. The molecule has 2 heterocycles. The van der Waals surface area contributed by atoms with E-state index in [9.17, 15) is 13.2 Å². The molecule has 26 heavy (non-hydrogen) atoms. The monoisotopic (exact) mass is 452 g/mol. The molecule has 0 spiro atoms. The van der Waals surface area contributed by atoms with Gasteiger partial charge < -0.3 is 5.32 Å². The van der Waals surface area contributed by atoms with Crippen LogP contribution in [-0.4, -0.2) is 30.5 Å². The third-order valence-electron chi connectivity index (χ3n) is 3.14. The van der Waals surface area contributed by atoms with Crippen LogP contribution in [0.4, 0.5) is 11.4 Å². The summed E-state index contributed by atoms with van der Waals surface area (Å²) >= 11 is 4.59. The summed E-state index contributed by atoms with van der Waals surface area (Å²) in [6, 6.07) is 6.56. The molecular formula is C16H13BrN4O3S2. The molecule has 0 fully saturated rings. The number of hydrogen-bond acceptors (Lipinski definition) is 6. The summed E-state index contributed by atoms with van der Waals surface area (Å²) in [7, 11) is -3.41. The quantitative estimate of drug-likeness (QED) is 0.615. The maximum absolute atomic E-state index is 12.5. The normalized spacial score (nSPS) is 11.2. The highest BCUT2D eigenvalue weighted by Crippen LogP contribution is 2.27. The van der Waals surface area contributed by atoms with Crippen LogP contribution in [0.25, 0.3) is 11.3 Å². The van der Waals surface area contributed by atoms with Crippen LogP contribution in [0.15, 0.2) is 52.7 Å². The summed E-state index contributed by atoms with van der Waals surface area (Å²) in [5.41, 5.74) is 2.31. The topological polar surface area (TPSA) is 101 Å². The largest absolute Gasteiger partial charge is 0.321 e. The van der Waals surface area contributed by atoms with E-state index >= 15 is 0 Å². The van der Waals surface area contributed by atoms with Gasteiger partial charge in [-0.15, -0.1) is 11.3 Å². The van der Waals surface area contributed by atoms with E-state index in [0.29, 0.717) is 26.4 Å². The van der Waals surface area contributed by atoms with Crippen molar-refractivity contribution in [2.45, 2.75) is 0 Å². The molecule has 0 aliphatic heterocycles. The van der Waals surface area contributed by atoms with Crippen LogP contribution >= 0.6 is 27.3 Å². The zero-order valence-corrected chi connectivity index (χ0v) is 16.7. The molecule has 2 aromatic heterocycles. The number of nitrogens with zero attached hydrogens (tertiary/aromatic N) is 2. The molecule has 2 N–H and O–H groups in total. The molecule has 0 unspecified atom stereocenters. The fraction of sp³-hybridized carbons (Fsp3) is 0.0625. The van der Waals surface area contributed by atoms with Crippen molar-refractivity contribution in [3.05, 3.63) is 57.6 Å². The number of halogens is 1. The highest BCUT2D eigenvalue weighted by molar-refractivity contribution is 9.10. The fourth-order valence-corrected chi connectivity index (χ4v) is 4.00. The second kappa shape index (κ2) is 7.52. The summed E-state index contributed by atoms with van der Waals surface area (Å²) in [5, 5.41) is 4.59. The first kappa shape index (κ1) is 18.5. The van der Waals surface area contributed by atoms with Gasteiger partial charge in [0.1, 0.15) is 0 Å². The molecule has 1 aromatic carbocycles. The number of sulfonamides is 1. The molecule has 3 aromatic rings. The predicted octanol–water partition coefficient (Wildman–Crippen LogP) is 3.59. The minimum Gasteiger partial charge on any atom is -0.321 e. The van der Waals surface area contributed by atoms with Crippen molar-refractivity contribution in [2.75, 3.05) is 16.3 Å². The number of anilines is 2. The average molecular weight is 453 g/mol. The molecule has 0 bridgehead atoms. The van der Waals surface area contributed by atoms with Gasteiger partial charge >= 0.3 is 0 Å². The number of carbonyl (C=O) groups excluding carboxylic acids is 1. The minimum absolute atomic E-state index is 0.298. The average Bonchev–Trinajstić information content (AvgIpc) is 3.03. The van der Waals surface area contributed by atoms with Crippen molar-refractivity contribution >= 4 is 54.6 Å². The van der Waals surface area contributed by atoms with Crippen LogP contribution in [0.5, 0.6) is 0 Å². The standard InChI is InChI=1S/C16H13BrN4O3S2/c1-26(23,24)21-13-6-11(17)5-12(7-13)20-16(22)15-4-10(9-25-15)14-8-18-2-3-19-14/h2-9,21H,1H3,(H,20,22). The van der Waals surface area contributed by atoms with Crippen molar-refractivity contribution in [2.24, 2.45) is 0 Å². The van der Waals surface area contributed by atoms with Crippen molar-refractivity contribution in [3.8, 4) is 11.3 Å². The predicted molar refractivity (Wildman–Crippen MR) is 106 cm³/mol. The number of carbonyl (C=O) groups is 1. The molecule has 0 aliphatic carbocycles. The third kappa shape index (κ3) is 4.87. The zero-order valence-electron chi connectivity index (χ0n) is 13.4. The van der Waals surface area contributed by atoms with Gasteiger partial charge in [0, 0.05) is 33.5 Å². The second-order valence-electron chi connectivity index (χ2n) is 5.35. The SMILES string of the molecule is CS(=O)(=O)Nc1cc(Br)cc(NC(=O)c2cc(-c3cnccn3)cs2)c1. The zero-order chi connectivity index (χ0) is 18.7. The molecule has 1 amide bonds. The number of hydrogen-bond donors (Lipinski definition) is 2. The molecule has 0 saturated heterocycles. The first-order valence-corrected chi connectivity index (χ1v) is 10.8. The maximum Gasteiger partial charge on any atom is 0.265 e. The molecule has 0 radical (unpaired) electrons. The van der Waals surface area contributed by atoms with Crippen LogP contribution < -0.4 is 10.0 Å². The van der Waals surface area contributed by atoms with Gasteiger partial charge in [0.2, 0.25) is 10.0 Å². The van der Waals surface area contributed by atoms with Crippen molar-refractivity contribution in [1.29, 1.82) is 0 Å². The fourth-order valence-electron chi connectivity index (χ4n) is 2.17. The molecule has 0 saturated carbocycles. The van der Waals surface area contributed by atoms with Crippen LogP contribution in [0.1, 0.15) is 9.67 Å². The van der Waals surface area contributed by atoms with E-state index < -0.39 is 10.0 Å². The summed E-state index contributed by atoms with van der Waals surface area (Å²) < 4.78 is 25.8. The molecule has 134 valence electrons. The van der Waals surface area contributed by atoms with Crippen LogP contribution in [-0.2, 0) is 10.0 Å². The molecule has 10 heteroatoms. The van der Waals surface area contributed by atoms with E-state index in [1.54, 1.807) is 42.9 Å². The lowest BCUT2D eigenvalue weighted by Crippen LogP contribution is -2.12. The van der Waals surface area contributed by atoms with Crippen molar-refractivity contribution in [1.82, 2.24) is 9.97 Å². The highest BCUT2D eigenvalue weighted by atomic mass is 79.9. The molecular weight excluding hydrogens is 440 g/mol. The Morgan fingerprint density at radius 1 is 1.15 bits per heavy atom. The lowest BCUT2D eigenvalue weighted by atomic mass is 10.2. The summed E-state index contributed by atoms with van der Waals surface area (Å²) in [6.45, 7) is 0. The van der Waals surface area contributed by atoms with Gasteiger partial charge in [-0.2, -0.15) is 0 Å². The number of amides is 1. The Morgan fingerprint density at radius 3 is 2.62 bits per heavy atom. The van der Waals surface area contributed by atoms with Gasteiger partial charge in [-0.25, -0.2) is 8.42 Å². The number of thiophene rings is 1. The number of rotatable bonds is 5. The van der Waals surface area contributed by atoms with E-state index in [0.717, 1.165) is 11.8 Å². The maximum atomic E-state index is 12.5. The van der Waals surface area contributed by atoms with Gasteiger partial charge in [-0.1, -0.05) is 15.9 Å². The van der Waals surface area contributed by atoms with Gasteiger partial charge in [0.25, 0.3) is 5.91 Å². The number of nitrogens with one attached hydrogen (secondary N) is 2. The van der Waals surface area contributed by atoms with E-state index in [4.69, 9.17) is 0 Å². The minimum atomic E-state index is -3.41. The van der Waals surface area contributed by atoms with Crippen molar-refractivity contribution < 1.29 is 13.2 Å². The second-order valence-corrected chi connectivity index (χ2v) is 8.92. The molecule has 7 nitrogen and oxygen atoms in total. The van der Waals surface area contributed by atoms with Gasteiger partial charge in [0.05, 0.1) is 28.7 Å². The number of aromatic nitrogens is 2. The molecule has 3 rings (SSSR count). The smallest absolute Gasteiger partial charge is 0.265 e. The van der Waals surface area contributed by atoms with Crippen LogP contribution in [0.3, 0.4) is 0 Å². The Bertz CT molecular complexity index is 1050. The summed E-state index contributed by atoms with van der Waals surface area (Å²) in [4.78, 5) is 21.2. The molecule has 0 atom stereocenters. The van der Waals surface area contributed by atoms with Crippen molar-refractivity contribution in [3.63, 3.8) is 0 Å². The Kier molecular flexibility index (Phi) is 5.35. The highest BCUT2D eigenvalue weighted by Gasteiger charge is 2.12. The summed E-state index contributed by atoms with van der Waals surface area (Å²) in [6.07, 6.45) is 5.86. The number of benzene rings is 1. The first-order valence-electron chi connectivity index (χ1n) is 7.25. The van der Waals surface area contributed by atoms with E-state index in [-0.39, 0.29) is 5.91 Å². The van der Waals surface area contributed by atoms with Gasteiger partial charge in [-0.3, -0.25) is 19.5 Å². The third-order valence-corrected chi connectivity index (χ3v) is 5.13. The first-order chi connectivity index (χ1) is 12.3. The van der Waals surface area contributed by atoms with E-state index in [1.807, 2.05) is 5.38 Å². The van der Waals surface area contributed by atoms with Gasteiger partial charge in [0.15, 0.2) is 0 Å². The lowest BCUT2D eigenvalue weighted by molar-refractivity contribution is 0.103. The van der Waals surface area contributed by atoms with Crippen LogP contribution in [0, 0.1) is 0 Å². The molecule has 0 aliphatic rings. The summed E-state index contributed by atoms with van der Waals surface area (Å²) in [5.74, 6) is -0.298.